The zero-order chi connectivity index (χ0) is 19.8. The second-order valence-corrected chi connectivity index (χ2v) is 8.65. The molecule has 3 rings (SSSR count). The number of halogens is 1. The standard InChI is InChI=1S/C19H29ClN6OS/c1-2-21-19(23-13-14(27)15-9-10-16(20)28-15)22-11-6-8-18-25-24-17-7-4-3-5-12-26(17)18/h9-10,14,27H,2-8,11-13H2,1H3,(H2,21,22,23). The van der Waals surface area contributed by atoms with E-state index in [-0.39, 0.29) is 0 Å². The second-order valence-electron chi connectivity index (χ2n) is 6.90. The number of fused-ring (bicyclic) bond motifs is 1. The number of nitrogens with zero attached hydrogens (tertiary/aromatic N) is 4. The van der Waals surface area contributed by atoms with Gasteiger partial charge in [0.05, 0.1) is 10.9 Å². The molecule has 9 heteroatoms. The number of aliphatic hydroxyl groups excluding tert-OH is 1. The Morgan fingerprint density at radius 2 is 2.21 bits per heavy atom. The molecule has 3 N–H and O–H groups in total. The summed E-state index contributed by atoms with van der Waals surface area (Å²) in [6.45, 7) is 4.92. The van der Waals surface area contributed by atoms with E-state index < -0.39 is 6.10 Å². The van der Waals surface area contributed by atoms with Crippen molar-refractivity contribution in [2.45, 2.75) is 58.1 Å². The predicted octanol–water partition coefficient (Wildman–Crippen LogP) is 2.94. The fourth-order valence-corrected chi connectivity index (χ4v) is 4.34. The van der Waals surface area contributed by atoms with Crippen LogP contribution in [0, 0.1) is 0 Å². The normalized spacial score (nSPS) is 15.8. The van der Waals surface area contributed by atoms with Crippen LogP contribution in [-0.4, -0.2) is 45.5 Å². The van der Waals surface area contributed by atoms with Crippen LogP contribution in [0.1, 0.15) is 55.2 Å². The Morgan fingerprint density at radius 3 is 3.00 bits per heavy atom. The summed E-state index contributed by atoms with van der Waals surface area (Å²) in [7, 11) is 0. The van der Waals surface area contributed by atoms with Gasteiger partial charge in [-0.3, -0.25) is 4.99 Å². The van der Waals surface area contributed by atoms with Crippen molar-refractivity contribution in [3.05, 3.63) is 33.0 Å². The van der Waals surface area contributed by atoms with Crippen LogP contribution >= 0.6 is 22.9 Å². The average Bonchev–Trinajstić information content (AvgIpc) is 3.21. The fraction of sp³-hybridized carbons (Fsp3) is 0.632. The first-order chi connectivity index (χ1) is 13.7. The number of nitrogens with one attached hydrogen (secondary N) is 2. The Bertz CT molecular complexity index is 774. The number of aliphatic hydroxyl groups is 1. The molecule has 2 aromatic heterocycles. The lowest BCUT2D eigenvalue weighted by Crippen LogP contribution is -2.38. The van der Waals surface area contributed by atoms with Crippen LogP contribution in [0.5, 0.6) is 0 Å². The van der Waals surface area contributed by atoms with Crippen molar-refractivity contribution in [2.24, 2.45) is 4.99 Å². The van der Waals surface area contributed by atoms with Crippen molar-refractivity contribution < 1.29 is 5.11 Å². The van der Waals surface area contributed by atoms with Gasteiger partial charge in [-0.1, -0.05) is 18.0 Å². The molecule has 3 heterocycles. The summed E-state index contributed by atoms with van der Waals surface area (Å²) in [5, 5.41) is 25.6. The molecule has 7 nitrogen and oxygen atoms in total. The van der Waals surface area contributed by atoms with E-state index in [1.165, 1.54) is 30.6 Å². The van der Waals surface area contributed by atoms with Gasteiger partial charge in [0.15, 0.2) is 5.96 Å². The first kappa shape index (κ1) is 21.1. The summed E-state index contributed by atoms with van der Waals surface area (Å²) in [6, 6.07) is 3.64. The maximum absolute atomic E-state index is 10.3. The molecule has 1 atom stereocenters. The maximum atomic E-state index is 10.3. The fourth-order valence-electron chi connectivity index (χ4n) is 3.30. The third-order valence-electron chi connectivity index (χ3n) is 4.74. The number of guanidine groups is 1. The SMILES string of the molecule is CCNC(=NCC(O)c1ccc(Cl)s1)NCCCc1nnc2n1CCCCC2. The van der Waals surface area contributed by atoms with E-state index in [1.807, 2.05) is 13.0 Å². The van der Waals surface area contributed by atoms with Crippen LogP contribution in [-0.2, 0) is 19.4 Å². The van der Waals surface area contributed by atoms with E-state index in [0.29, 0.717) is 16.8 Å². The monoisotopic (exact) mass is 424 g/mol. The van der Waals surface area contributed by atoms with Crippen LogP contribution in [0.4, 0.5) is 0 Å². The zero-order valence-electron chi connectivity index (χ0n) is 16.3. The minimum Gasteiger partial charge on any atom is -0.386 e. The van der Waals surface area contributed by atoms with Crippen molar-refractivity contribution in [1.82, 2.24) is 25.4 Å². The number of hydrogen-bond acceptors (Lipinski definition) is 5. The van der Waals surface area contributed by atoms with Crippen LogP contribution in [0.15, 0.2) is 17.1 Å². The molecule has 0 saturated heterocycles. The minimum atomic E-state index is -0.639. The lowest BCUT2D eigenvalue weighted by molar-refractivity contribution is 0.191. The third-order valence-corrected chi connectivity index (χ3v) is 6.08. The van der Waals surface area contributed by atoms with Crippen molar-refractivity contribution in [3.63, 3.8) is 0 Å². The highest BCUT2D eigenvalue weighted by atomic mass is 35.5. The largest absolute Gasteiger partial charge is 0.386 e. The Hall–Kier alpha value is -1.64. The Kier molecular flexibility index (Phi) is 8.12. The summed E-state index contributed by atoms with van der Waals surface area (Å²) < 4.78 is 2.98. The van der Waals surface area contributed by atoms with Gasteiger partial charge >= 0.3 is 0 Å². The molecule has 1 aliphatic rings. The Balaban J connectivity index is 1.46. The lowest BCUT2D eigenvalue weighted by atomic mass is 10.2. The molecule has 0 aliphatic carbocycles. The predicted molar refractivity (Wildman–Crippen MR) is 114 cm³/mol. The second kappa shape index (κ2) is 10.8. The number of hydrogen-bond donors (Lipinski definition) is 3. The molecule has 0 bridgehead atoms. The van der Waals surface area contributed by atoms with Crippen LogP contribution in [0.2, 0.25) is 4.34 Å². The molecule has 1 aliphatic heterocycles. The van der Waals surface area contributed by atoms with Crippen molar-refractivity contribution in [1.29, 1.82) is 0 Å². The van der Waals surface area contributed by atoms with Crippen LogP contribution < -0.4 is 10.6 Å². The summed E-state index contributed by atoms with van der Waals surface area (Å²) in [5.74, 6) is 2.94. The van der Waals surface area contributed by atoms with Gasteiger partial charge in [0.2, 0.25) is 0 Å². The molecular formula is C19H29ClN6OS. The van der Waals surface area contributed by atoms with Gasteiger partial charge < -0.3 is 20.3 Å². The molecule has 0 fully saturated rings. The average molecular weight is 425 g/mol. The van der Waals surface area contributed by atoms with Crippen molar-refractivity contribution >= 4 is 28.9 Å². The van der Waals surface area contributed by atoms with Crippen LogP contribution in [0.25, 0.3) is 0 Å². The molecule has 0 saturated carbocycles. The van der Waals surface area contributed by atoms with E-state index in [4.69, 9.17) is 11.6 Å². The topological polar surface area (TPSA) is 87.4 Å². The van der Waals surface area contributed by atoms with Crippen LogP contribution in [0.3, 0.4) is 0 Å². The van der Waals surface area contributed by atoms with Gasteiger partial charge in [0.25, 0.3) is 0 Å². The van der Waals surface area contributed by atoms with Gasteiger partial charge in [0, 0.05) is 37.4 Å². The highest BCUT2D eigenvalue weighted by molar-refractivity contribution is 7.16. The molecular weight excluding hydrogens is 396 g/mol. The number of aliphatic imine (C=N–C) groups is 1. The summed E-state index contributed by atoms with van der Waals surface area (Å²) in [4.78, 5) is 5.32. The summed E-state index contributed by atoms with van der Waals surface area (Å²) in [6.07, 6.45) is 5.95. The van der Waals surface area contributed by atoms with Crippen molar-refractivity contribution in [3.8, 4) is 0 Å². The van der Waals surface area contributed by atoms with E-state index in [2.05, 4.69) is 30.4 Å². The van der Waals surface area contributed by atoms with Gasteiger partial charge in [-0.15, -0.1) is 21.5 Å². The van der Waals surface area contributed by atoms with Gasteiger partial charge in [0.1, 0.15) is 17.8 Å². The maximum Gasteiger partial charge on any atom is 0.191 e. The molecule has 0 aromatic carbocycles. The Morgan fingerprint density at radius 1 is 1.32 bits per heavy atom. The Labute approximate surface area is 175 Å². The lowest BCUT2D eigenvalue weighted by Gasteiger charge is -2.13. The molecule has 0 radical (unpaired) electrons. The highest BCUT2D eigenvalue weighted by Gasteiger charge is 2.14. The van der Waals surface area contributed by atoms with E-state index in [9.17, 15) is 5.11 Å². The summed E-state index contributed by atoms with van der Waals surface area (Å²) in [5.41, 5.74) is 0. The molecule has 1 unspecified atom stereocenters. The molecule has 2 aromatic rings. The number of rotatable bonds is 8. The smallest absolute Gasteiger partial charge is 0.191 e. The first-order valence-electron chi connectivity index (χ1n) is 10.0. The molecule has 28 heavy (non-hydrogen) atoms. The van der Waals surface area contributed by atoms with Gasteiger partial charge in [-0.05, 0) is 38.3 Å². The first-order valence-corrected chi connectivity index (χ1v) is 11.2. The number of thiophene rings is 1. The minimum absolute atomic E-state index is 0.295. The highest BCUT2D eigenvalue weighted by Crippen LogP contribution is 2.26. The number of aryl methyl sites for hydroxylation is 2. The third kappa shape index (κ3) is 5.93. The number of aromatic nitrogens is 3. The molecule has 0 spiro atoms. The van der Waals surface area contributed by atoms with Crippen molar-refractivity contribution in [2.75, 3.05) is 19.6 Å². The van der Waals surface area contributed by atoms with E-state index in [1.54, 1.807) is 6.07 Å². The van der Waals surface area contributed by atoms with E-state index in [0.717, 1.165) is 55.4 Å². The zero-order valence-corrected chi connectivity index (χ0v) is 17.9. The van der Waals surface area contributed by atoms with Gasteiger partial charge in [-0.25, -0.2) is 0 Å². The molecule has 154 valence electrons. The quantitative estimate of drug-likeness (QED) is 0.344. The summed E-state index contributed by atoms with van der Waals surface area (Å²) >= 11 is 7.32. The molecule has 0 amide bonds. The van der Waals surface area contributed by atoms with E-state index >= 15 is 0 Å². The van der Waals surface area contributed by atoms with Gasteiger partial charge in [-0.2, -0.15) is 0 Å².